The van der Waals surface area contributed by atoms with E-state index in [0.29, 0.717) is 5.92 Å². The Morgan fingerprint density at radius 2 is 1.62 bits per heavy atom. The molecule has 0 fully saturated rings. The van der Waals surface area contributed by atoms with Crippen LogP contribution in [0.5, 0.6) is 0 Å². The molecular weight excluding hydrogens is 159 g/mol. The Balaban J connectivity index is 4.44. The van der Waals surface area contributed by atoms with Gasteiger partial charge in [0.05, 0.1) is 0 Å². The first kappa shape index (κ1) is 13.0. The molecule has 77 valence electrons. The molecule has 0 aliphatic heterocycles. The summed E-state index contributed by atoms with van der Waals surface area (Å²) in [7, 11) is 2.12. The van der Waals surface area contributed by atoms with Crippen molar-refractivity contribution >= 4 is 7.28 Å². The molecule has 0 amide bonds. The van der Waals surface area contributed by atoms with E-state index in [1.165, 1.54) is 0 Å². The molecule has 0 aromatic carbocycles. The van der Waals surface area contributed by atoms with Crippen molar-refractivity contribution in [2.24, 2.45) is 5.92 Å². The third-order valence-corrected chi connectivity index (χ3v) is 3.44. The predicted octanol–water partition coefficient (Wildman–Crippen LogP) is 3.05. The van der Waals surface area contributed by atoms with Gasteiger partial charge in [0.2, 0.25) is 0 Å². The molecule has 0 saturated carbocycles. The van der Waals surface area contributed by atoms with Gasteiger partial charge in [-0.25, -0.2) is 0 Å². The molecule has 2 unspecified atom stereocenters. The van der Waals surface area contributed by atoms with E-state index in [4.69, 9.17) is 0 Å². The fraction of sp³-hybridized carbons (Fsp3) is 1.00. The highest BCUT2D eigenvalue weighted by atomic mass is 16.3. The van der Waals surface area contributed by atoms with Crippen molar-refractivity contribution in [3.63, 3.8) is 0 Å². The molecule has 2 heteroatoms. The van der Waals surface area contributed by atoms with Gasteiger partial charge in [-0.1, -0.05) is 46.4 Å². The van der Waals surface area contributed by atoms with Crippen LogP contribution >= 0.6 is 0 Å². The van der Waals surface area contributed by atoms with Crippen molar-refractivity contribution in [2.45, 2.75) is 65.2 Å². The Kier molecular flexibility index (Phi) is 4.51. The van der Waals surface area contributed by atoms with Gasteiger partial charge in [0.25, 0.3) is 0 Å². The van der Waals surface area contributed by atoms with E-state index in [0.717, 1.165) is 12.8 Å². The Morgan fingerprint density at radius 1 is 1.15 bits per heavy atom. The van der Waals surface area contributed by atoms with Crippen molar-refractivity contribution in [3.8, 4) is 0 Å². The van der Waals surface area contributed by atoms with Crippen molar-refractivity contribution in [2.75, 3.05) is 0 Å². The molecule has 0 rings (SSSR count). The van der Waals surface area contributed by atoms with Crippen molar-refractivity contribution < 1.29 is 5.11 Å². The maximum Gasteiger partial charge on any atom is 0.160 e. The van der Waals surface area contributed by atoms with Gasteiger partial charge in [-0.2, -0.15) is 0 Å². The summed E-state index contributed by atoms with van der Waals surface area (Å²) in [6.45, 7) is 12.7. The number of aliphatic hydroxyl groups is 1. The van der Waals surface area contributed by atoms with Gasteiger partial charge in [0.15, 0.2) is 7.28 Å². The zero-order valence-electron chi connectivity index (χ0n) is 10.0. The summed E-state index contributed by atoms with van der Waals surface area (Å²) in [6.07, 6.45) is 1.87. The van der Waals surface area contributed by atoms with E-state index in [1.54, 1.807) is 0 Å². The van der Waals surface area contributed by atoms with Crippen molar-refractivity contribution in [1.29, 1.82) is 0 Å². The van der Waals surface area contributed by atoms with E-state index >= 15 is 0 Å². The molecule has 1 radical (unpaired) electrons. The minimum Gasteiger partial charge on any atom is -0.399 e. The van der Waals surface area contributed by atoms with Gasteiger partial charge in [0, 0.05) is 5.50 Å². The lowest BCUT2D eigenvalue weighted by atomic mass is 9.40. The normalized spacial score (nSPS) is 20.9. The summed E-state index contributed by atoms with van der Waals surface area (Å²) in [5.74, 6) is 0.579. The molecule has 1 N–H and O–H groups in total. The van der Waals surface area contributed by atoms with Crippen LogP contribution in [0.4, 0.5) is 0 Å². The Labute approximate surface area is 84.2 Å². The molecule has 13 heavy (non-hydrogen) atoms. The van der Waals surface area contributed by atoms with Crippen LogP contribution in [0.3, 0.4) is 0 Å². The zero-order valence-corrected chi connectivity index (χ0v) is 10.0. The van der Waals surface area contributed by atoms with Crippen LogP contribution in [0, 0.1) is 5.92 Å². The fourth-order valence-electron chi connectivity index (χ4n) is 1.49. The lowest BCUT2D eigenvalue weighted by molar-refractivity contribution is 0.133. The highest BCUT2D eigenvalue weighted by Crippen LogP contribution is 2.40. The van der Waals surface area contributed by atoms with Gasteiger partial charge < -0.3 is 5.11 Å². The van der Waals surface area contributed by atoms with Crippen LogP contribution in [-0.4, -0.2) is 17.9 Å². The summed E-state index contributed by atoms with van der Waals surface area (Å²) in [6, 6.07) is 0. The third kappa shape index (κ3) is 3.72. The minimum absolute atomic E-state index is 0.152. The average Bonchev–Trinajstić information content (AvgIpc) is 2.03. The average molecular weight is 183 g/mol. The maximum absolute atomic E-state index is 9.98. The number of hydrogen-bond acceptors (Lipinski definition) is 1. The Morgan fingerprint density at radius 3 is 1.85 bits per heavy atom. The molecule has 0 aromatic rings. The van der Waals surface area contributed by atoms with Gasteiger partial charge in [0.1, 0.15) is 0 Å². The Bertz CT molecular complexity index is 154. The summed E-state index contributed by atoms with van der Waals surface area (Å²) < 4.78 is 0. The second-order valence-electron chi connectivity index (χ2n) is 4.87. The van der Waals surface area contributed by atoms with Crippen LogP contribution < -0.4 is 0 Å². The smallest absolute Gasteiger partial charge is 0.160 e. The summed E-state index contributed by atoms with van der Waals surface area (Å²) >= 11 is 0. The second kappa shape index (κ2) is 4.50. The van der Waals surface area contributed by atoms with E-state index < -0.39 is 5.50 Å². The summed E-state index contributed by atoms with van der Waals surface area (Å²) in [4.78, 5) is 0. The third-order valence-electron chi connectivity index (χ3n) is 3.44. The van der Waals surface area contributed by atoms with Crippen LogP contribution in [0.15, 0.2) is 0 Å². The summed E-state index contributed by atoms with van der Waals surface area (Å²) in [5, 5.41) is 10.1. The predicted molar refractivity (Wildman–Crippen MR) is 60.2 cm³/mol. The standard InChI is InChI=1S/C11H24BO/c1-7-10(5,9(3)4)12-11(6,13)8-2/h9,13H,7-8H2,1-6H3. The summed E-state index contributed by atoms with van der Waals surface area (Å²) in [5.41, 5.74) is -0.616. The quantitative estimate of drug-likeness (QED) is 0.649. The molecule has 0 bridgehead atoms. The highest BCUT2D eigenvalue weighted by Gasteiger charge is 2.35. The van der Waals surface area contributed by atoms with E-state index in [9.17, 15) is 5.11 Å². The minimum atomic E-state index is -0.616. The van der Waals surface area contributed by atoms with E-state index in [-0.39, 0.29) is 5.31 Å². The SMILES string of the molecule is CCC(C)(O)[B]C(C)(CC)C(C)C. The van der Waals surface area contributed by atoms with Gasteiger partial charge in [-0.3, -0.25) is 0 Å². The molecule has 0 aliphatic rings. The maximum atomic E-state index is 9.98. The largest absolute Gasteiger partial charge is 0.399 e. The lowest BCUT2D eigenvalue weighted by Crippen LogP contribution is -2.40. The van der Waals surface area contributed by atoms with Crippen LogP contribution in [0.2, 0.25) is 5.31 Å². The first-order valence-corrected chi connectivity index (χ1v) is 5.37. The first-order chi connectivity index (χ1) is 5.77. The monoisotopic (exact) mass is 183 g/mol. The highest BCUT2D eigenvalue weighted by molar-refractivity contribution is 6.43. The second-order valence-corrected chi connectivity index (χ2v) is 4.87. The first-order valence-electron chi connectivity index (χ1n) is 5.37. The van der Waals surface area contributed by atoms with Crippen LogP contribution in [0.1, 0.15) is 54.4 Å². The zero-order chi connectivity index (χ0) is 10.7. The van der Waals surface area contributed by atoms with Gasteiger partial charge in [-0.05, 0) is 19.3 Å². The van der Waals surface area contributed by atoms with E-state index in [1.807, 2.05) is 13.8 Å². The number of hydrogen-bond donors (Lipinski definition) is 1. The molecule has 2 atom stereocenters. The molecular formula is C11H24BO. The van der Waals surface area contributed by atoms with Crippen LogP contribution in [-0.2, 0) is 0 Å². The Hall–Kier alpha value is 0.0249. The molecule has 0 spiro atoms. The molecule has 0 saturated heterocycles. The fourth-order valence-corrected chi connectivity index (χ4v) is 1.49. The van der Waals surface area contributed by atoms with E-state index in [2.05, 4.69) is 35.0 Å². The van der Waals surface area contributed by atoms with Gasteiger partial charge >= 0.3 is 0 Å². The molecule has 0 heterocycles. The molecule has 0 aliphatic carbocycles. The topological polar surface area (TPSA) is 20.2 Å². The van der Waals surface area contributed by atoms with Gasteiger partial charge in [-0.15, -0.1) is 0 Å². The lowest BCUT2D eigenvalue weighted by Gasteiger charge is -2.37. The van der Waals surface area contributed by atoms with Crippen molar-refractivity contribution in [3.05, 3.63) is 0 Å². The van der Waals surface area contributed by atoms with Crippen molar-refractivity contribution in [1.82, 2.24) is 0 Å². The van der Waals surface area contributed by atoms with Crippen LogP contribution in [0.25, 0.3) is 0 Å². The number of rotatable bonds is 5. The molecule has 0 aromatic heterocycles. The molecule has 1 nitrogen and oxygen atoms in total.